The summed E-state index contributed by atoms with van der Waals surface area (Å²) in [7, 11) is 0. The molecular weight excluding hydrogens is 730 g/mol. The van der Waals surface area contributed by atoms with Crippen molar-refractivity contribution in [2.75, 3.05) is 26.4 Å². The zero-order chi connectivity index (χ0) is 40.1. The normalized spacial score (nSPS) is 41.5. The fourth-order valence-corrected chi connectivity index (χ4v) is 6.03. The maximum Gasteiger partial charge on any atom is 0.364 e. The van der Waals surface area contributed by atoms with Crippen LogP contribution in [0.2, 0.25) is 0 Å². The van der Waals surface area contributed by atoms with Crippen molar-refractivity contribution in [2.45, 2.75) is 142 Å². The summed E-state index contributed by atoms with van der Waals surface area (Å²) >= 11 is 0. The molecule has 3 aliphatic rings. The molecule has 24 nitrogen and oxygen atoms in total. The number of hydrogen-bond donors (Lipinski definition) is 16. The minimum absolute atomic E-state index is 0.799. The van der Waals surface area contributed by atoms with Crippen molar-refractivity contribution in [3.05, 3.63) is 0 Å². The second-order valence-corrected chi connectivity index (χ2v) is 13.1. The molecule has 3 fully saturated rings. The molecule has 0 aromatic heterocycles. The molecule has 3 aliphatic heterocycles. The second-order valence-electron chi connectivity index (χ2n) is 13.1. The van der Waals surface area contributed by atoms with Crippen LogP contribution in [0.3, 0.4) is 0 Å². The number of carbonyl (C=O) groups excluding carboxylic acids is 1. The first-order valence-electron chi connectivity index (χ1n) is 16.5. The highest BCUT2D eigenvalue weighted by Crippen LogP contribution is 2.37. The van der Waals surface area contributed by atoms with Gasteiger partial charge in [0.05, 0.1) is 44.7 Å². The lowest BCUT2D eigenvalue weighted by Crippen LogP contribution is -2.66. The Hall–Kier alpha value is -1.86. The molecule has 0 saturated carbocycles. The average Bonchev–Trinajstić information content (AvgIpc) is 3.12. The lowest BCUT2D eigenvalue weighted by atomic mass is 9.90. The highest BCUT2D eigenvalue weighted by molar-refractivity contribution is 5.76. The summed E-state index contributed by atoms with van der Waals surface area (Å²) < 4.78 is 32.6. The van der Waals surface area contributed by atoms with E-state index in [1.54, 1.807) is 0 Å². The van der Waals surface area contributed by atoms with Gasteiger partial charge in [0, 0.05) is 13.3 Å². The molecule has 1 amide bonds. The van der Waals surface area contributed by atoms with E-state index >= 15 is 0 Å². The number of hydrogen-bond acceptors (Lipinski definition) is 22. The Balaban J connectivity index is 1.92. The van der Waals surface area contributed by atoms with Gasteiger partial charge in [0.2, 0.25) is 5.91 Å². The lowest BCUT2D eigenvalue weighted by Gasteiger charge is -2.48. The van der Waals surface area contributed by atoms with Crippen molar-refractivity contribution >= 4 is 11.9 Å². The molecule has 0 bridgehead atoms. The van der Waals surface area contributed by atoms with E-state index < -0.39 is 167 Å². The van der Waals surface area contributed by atoms with Crippen molar-refractivity contribution in [3.63, 3.8) is 0 Å². The molecule has 3 heterocycles. The average molecular weight is 782 g/mol. The number of nitrogens with one attached hydrogen (secondary N) is 1. The van der Waals surface area contributed by atoms with E-state index in [0.717, 1.165) is 6.92 Å². The van der Waals surface area contributed by atoms with Gasteiger partial charge in [-0.2, -0.15) is 0 Å². The Morgan fingerprint density at radius 3 is 1.96 bits per heavy atom. The maximum atomic E-state index is 12.8. The SMILES string of the molecule is CC(=O)N[C@@H](CO)[C@@H](O[C@H]1O[C@H](CO)[C@H](O)[C@H](O)[C@H]1O)[C@@H](O)[C@H](O)CO[C@]1(C(=O)O)C[C@H](O[C@@H]2O[C@@H](C)[C@@H](O)[C@@H](O)[C@@H]2O)[C@@H](O)[C@H]([C@H](O)[C@H](O)CO)O1. The number of amides is 1. The number of aliphatic carboxylic acids is 1. The van der Waals surface area contributed by atoms with Gasteiger partial charge < -0.3 is 110 Å². The fraction of sp³-hybridized carbons (Fsp3) is 0.931. The topological polar surface area (TPSA) is 405 Å². The summed E-state index contributed by atoms with van der Waals surface area (Å²) in [6, 6.07) is -1.62. The molecule has 3 saturated heterocycles. The van der Waals surface area contributed by atoms with Gasteiger partial charge >= 0.3 is 5.97 Å². The van der Waals surface area contributed by atoms with Crippen LogP contribution in [0.4, 0.5) is 0 Å². The summed E-state index contributed by atoms with van der Waals surface area (Å²) in [5.74, 6) is -5.87. The fourth-order valence-electron chi connectivity index (χ4n) is 6.03. The third-order valence-corrected chi connectivity index (χ3v) is 9.21. The summed E-state index contributed by atoms with van der Waals surface area (Å²) in [4.78, 5) is 24.6. The summed E-state index contributed by atoms with van der Waals surface area (Å²) in [5, 5.41) is 157. The molecule has 0 aliphatic carbocycles. The monoisotopic (exact) mass is 781 g/mol. The van der Waals surface area contributed by atoms with Crippen LogP contribution >= 0.6 is 0 Å². The first kappa shape index (κ1) is 45.5. The molecule has 0 spiro atoms. The number of carbonyl (C=O) groups is 2. The molecule has 0 aromatic carbocycles. The van der Waals surface area contributed by atoms with Gasteiger partial charge in [-0.3, -0.25) is 4.79 Å². The summed E-state index contributed by atoms with van der Waals surface area (Å²) in [6.45, 7) is -1.97. The Kier molecular flexibility index (Phi) is 16.6. The van der Waals surface area contributed by atoms with Gasteiger partial charge in [0.15, 0.2) is 12.6 Å². The molecule has 53 heavy (non-hydrogen) atoms. The first-order chi connectivity index (χ1) is 24.7. The van der Waals surface area contributed by atoms with E-state index in [1.807, 2.05) is 0 Å². The number of carboxylic acids is 1. The standard InChI is InChI=1S/C29H51NO23/c1-8-15(37)20(42)22(44)26(49-8)50-13-3-29(28(46)47,53-25(19(13)41)16(38)11(35)5-32)48-7-12(36)17(39)24(10(4-31)30-9(2)34)52-27-23(45)21(43)18(40)14(6-33)51-27/h8,10-27,31-33,35-45H,3-7H2,1-2H3,(H,30,34)(H,46,47)/t8-,10-,11+,12+,13-,14+,15+,16+,17-,18-,19+,20+,21-,22-,23+,24+,25-,26-,27+,29+/m0/s1. The van der Waals surface area contributed by atoms with Crippen molar-refractivity contribution in [3.8, 4) is 0 Å². The third-order valence-electron chi connectivity index (χ3n) is 9.21. The highest BCUT2D eigenvalue weighted by atomic mass is 16.8. The molecule has 0 radical (unpaired) electrons. The van der Waals surface area contributed by atoms with Gasteiger partial charge in [0.1, 0.15) is 85.5 Å². The predicted molar refractivity (Wildman–Crippen MR) is 163 cm³/mol. The van der Waals surface area contributed by atoms with Crippen LogP contribution in [0.15, 0.2) is 0 Å². The summed E-state index contributed by atoms with van der Waals surface area (Å²) in [5.41, 5.74) is 0. The van der Waals surface area contributed by atoms with Gasteiger partial charge in [-0.15, -0.1) is 0 Å². The minimum Gasteiger partial charge on any atom is -0.477 e. The van der Waals surface area contributed by atoms with Crippen molar-refractivity contribution in [1.29, 1.82) is 0 Å². The Morgan fingerprint density at radius 1 is 0.811 bits per heavy atom. The van der Waals surface area contributed by atoms with Crippen molar-refractivity contribution in [2.24, 2.45) is 0 Å². The minimum atomic E-state index is -3.06. The zero-order valence-corrected chi connectivity index (χ0v) is 28.5. The van der Waals surface area contributed by atoms with Gasteiger partial charge in [-0.1, -0.05) is 0 Å². The van der Waals surface area contributed by atoms with Crippen LogP contribution in [0.1, 0.15) is 20.3 Å². The summed E-state index contributed by atoms with van der Waals surface area (Å²) in [6.07, 6.45) is -35.8. The number of aliphatic hydroxyl groups excluding tert-OH is 14. The van der Waals surface area contributed by atoms with E-state index in [-0.39, 0.29) is 0 Å². The van der Waals surface area contributed by atoms with Crippen molar-refractivity contribution in [1.82, 2.24) is 5.32 Å². The smallest absolute Gasteiger partial charge is 0.364 e. The maximum absolute atomic E-state index is 12.8. The molecule has 16 N–H and O–H groups in total. The van der Waals surface area contributed by atoms with Crippen LogP contribution in [-0.4, -0.2) is 237 Å². The van der Waals surface area contributed by atoms with Crippen molar-refractivity contribution < 1.29 is 115 Å². The molecule has 24 heteroatoms. The van der Waals surface area contributed by atoms with Crippen LogP contribution in [0, 0.1) is 0 Å². The zero-order valence-electron chi connectivity index (χ0n) is 28.5. The molecule has 0 unspecified atom stereocenters. The van der Waals surface area contributed by atoms with Gasteiger partial charge in [-0.25, -0.2) is 4.79 Å². The largest absolute Gasteiger partial charge is 0.477 e. The highest BCUT2D eigenvalue weighted by Gasteiger charge is 2.58. The van der Waals surface area contributed by atoms with E-state index in [9.17, 15) is 86.2 Å². The quantitative estimate of drug-likeness (QED) is 0.0651. The Labute approximate surface area is 300 Å². The van der Waals surface area contributed by atoms with Crippen LogP contribution in [0.5, 0.6) is 0 Å². The van der Waals surface area contributed by atoms with Crippen LogP contribution in [-0.2, 0) is 38.0 Å². The predicted octanol–water partition coefficient (Wildman–Crippen LogP) is -9.74. The molecule has 0 aromatic rings. The van der Waals surface area contributed by atoms with E-state index in [0.29, 0.717) is 0 Å². The molecule has 3 rings (SSSR count). The van der Waals surface area contributed by atoms with Gasteiger partial charge in [0.25, 0.3) is 5.79 Å². The number of rotatable bonds is 17. The van der Waals surface area contributed by atoms with E-state index in [1.165, 1.54) is 6.92 Å². The molecule has 20 atom stereocenters. The Bertz CT molecular complexity index is 1170. The number of carboxylic acid groups (broad SMARTS) is 1. The van der Waals surface area contributed by atoms with Gasteiger partial charge in [-0.05, 0) is 6.92 Å². The Morgan fingerprint density at radius 2 is 1.42 bits per heavy atom. The number of aliphatic hydroxyl groups is 14. The van der Waals surface area contributed by atoms with E-state index in [4.69, 9.17) is 28.4 Å². The lowest BCUT2D eigenvalue weighted by molar-refractivity contribution is -0.364. The molecule has 310 valence electrons. The molecular formula is C29H51NO23. The van der Waals surface area contributed by atoms with Crippen LogP contribution < -0.4 is 5.32 Å². The second kappa shape index (κ2) is 19.3. The van der Waals surface area contributed by atoms with E-state index in [2.05, 4.69) is 5.32 Å². The first-order valence-corrected chi connectivity index (χ1v) is 16.5. The number of ether oxygens (including phenoxy) is 6. The third kappa shape index (κ3) is 10.3. The van der Waals surface area contributed by atoms with Crippen LogP contribution in [0.25, 0.3) is 0 Å².